The summed E-state index contributed by atoms with van der Waals surface area (Å²) in [5, 5.41) is 15.2. The van der Waals surface area contributed by atoms with E-state index >= 15 is 0 Å². The third-order valence-corrected chi connectivity index (χ3v) is 0.725. The van der Waals surface area contributed by atoms with Gasteiger partial charge in [0.05, 0.1) is 0 Å². The average Bonchev–Trinajstić information content (AvgIpc) is 1.63. The third kappa shape index (κ3) is 6.10. The zero-order valence-electron chi connectivity index (χ0n) is 6.17. The first-order valence-corrected chi connectivity index (χ1v) is 2.25. The second-order valence-electron chi connectivity index (χ2n) is 1.14. The Morgan fingerprint density at radius 1 is 1.40 bits per heavy atom. The van der Waals surface area contributed by atoms with E-state index in [-0.39, 0.29) is 31.0 Å². The number of hydrogen-bond acceptors (Lipinski definition) is 2. The van der Waals surface area contributed by atoms with Gasteiger partial charge in [0.15, 0.2) is 0 Å². The molecule has 0 aliphatic rings. The van der Waals surface area contributed by atoms with Crippen LogP contribution in [0.1, 0.15) is 1.43 Å². The van der Waals surface area contributed by atoms with E-state index in [4.69, 9.17) is 21.8 Å². The molecule has 0 saturated heterocycles. The largest absolute Gasteiger partial charge is 1.00 e. The summed E-state index contributed by atoms with van der Waals surface area (Å²) >= 11 is 4.89. The second-order valence-corrected chi connectivity index (χ2v) is 1.54. The number of carboxylic acid groups (broad SMARTS) is 2. The summed E-state index contributed by atoms with van der Waals surface area (Å²) in [6.45, 7) is 0. The van der Waals surface area contributed by atoms with Crippen LogP contribution in [0, 0.1) is 0 Å². The molecule has 6 heteroatoms. The summed E-state index contributed by atoms with van der Waals surface area (Å²) in [7, 11) is 0. The van der Waals surface area contributed by atoms with Crippen molar-refractivity contribution in [3.63, 3.8) is 0 Å². The maximum atomic E-state index is 9.77. The van der Waals surface area contributed by atoms with Gasteiger partial charge in [-0.3, -0.25) is 0 Å². The molecule has 0 saturated carbocycles. The SMILES string of the molecule is O=C(O)/C=C(/Cl)C(=O)O.[H-].[Na+]. The number of carboxylic acids is 2. The van der Waals surface area contributed by atoms with Gasteiger partial charge in [-0.05, 0) is 0 Å². The van der Waals surface area contributed by atoms with Crippen molar-refractivity contribution in [1.29, 1.82) is 0 Å². The fourth-order valence-corrected chi connectivity index (χ4v) is 0.263. The van der Waals surface area contributed by atoms with Crippen LogP contribution in [0.25, 0.3) is 0 Å². The summed E-state index contributed by atoms with van der Waals surface area (Å²) in [6, 6.07) is 0. The normalized spacial score (nSPS) is 9.90. The van der Waals surface area contributed by atoms with E-state index in [0.717, 1.165) is 0 Å². The van der Waals surface area contributed by atoms with Crippen molar-refractivity contribution in [1.82, 2.24) is 0 Å². The van der Waals surface area contributed by atoms with Crippen LogP contribution >= 0.6 is 11.6 Å². The van der Waals surface area contributed by atoms with Gasteiger partial charge in [0.25, 0.3) is 0 Å². The summed E-state index contributed by atoms with van der Waals surface area (Å²) in [6.07, 6.45) is 0.407. The molecule has 0 aromatic carbocycles. The summed E-state index contributed by atoms with van der Waals surface area (Å²) in [4.78, 5) is 19.5. The van der Waals surface area contributed by atoms with Gasteiger partial charge in [-0.1, -0.05) is 11.6 Å². The summed E-state index contributed by atoms with van der Waals surface area (Å²) < 4.78 is 0. The Hall–Kier alpha value is -0.0300. The van der Waals surface area contributed by atoms with Crippen LogP contribution in [0.5, 0.6) is 0 Å². The number of hydrogen-bond donors (Lipinski definition) is 2. The fraction of sp³-hybridized carbons (Fsp3) is 0. The molecule has 0 aliphatic carbocycles. The van der Waals surface area contributed by atoms with Crippen molar-refractivity contribution in [2.75, 3.05) is 0 Å². The van der Waals surface area contributed by atoms with E-state index in [1.165, 1.54) is 0 Å². The van der Waals surface area contributed by atoms with Crippen LogP contribution < -0.4 is 29.6 Å². The minimum atomic E-state index is -1.45. The Labute approximate surface area is 85.3 Å². The second kappa shape index (κ2) is 5.73. The molecule has 0 aromatic rings. The van der Waals surface area contributed by atoms with Crippen LogP contribution in [0.15, 0.2) is 11.1 Å². The zero-order valence-corrected chi connectivity index (χ0v) is 7.92. The summed E-state index contributed by atoms with van der Waals surface area (Å²) in [5.41, 5.74) is 0. The molecule has 0 amide bonds. The predicted molar refractivity (Wildman–Crippen MR) is 30.3 cm³/mol. The average molecular weight is 175 g/mol. The van der Waals surface area contributed by atoms with Crippen molar-refractivity contribution in [2.24, 2.45) is 0 Å². The smallest absolute Gasteiger partial charge is 1.00 e. The number of aliphatic carboxylic acids is 2. The van der Waals surface area contributed by atoms with E-state index in [9.17, 15) is 9.59 Å². The number of rotatable bonds is 2. The van der Waals surface area contributed by atoms with Crippen molar-refractivity contribution < 1.29 is 50.8 Å². The quantitative estimate of drug-likeness (QED) is 0.356. The topological polar surface area (TPSA) is 74.6 Å². The maximum Gasteiger partial charge on any atom is 1.00 e. The monoisotopic (exact) mass is 174 g/mol. The molecule has 0 unspecified atom stereocenters. The van der Waals surface area contributed by atoms with E-state index in [1.54, 1.807) is 0 Å². The van der Waals surface area contributed by atoms with E-state index in [2.05, 4.69) is 0 Å². The van der Waals surface area contributed by atoms with Gasteiger partial charge in [-0.25, -0.2) is 9.59 Å². The van der Waals surface area contributed by atoms with Crippen molar-refractivity contribution in [2.45, 2.75) is 0 Å². The van der Waals surface area contributed by atoms with Gasteiger partial charge in [0.2, 0.25) is 0 Å². The molecule has 0 bridgehead atoms. The third-order valence-electron chi connectivity index (χ3n) is 0.455. The molecule has 0 spiro atoms. The molecule has 0 aromatic heterocycles. The number of halogens is 1. The molecular weight excluding hydrogens is 170 g/mol. The first-order valence-electron chi connectivity index (χ1n) is 1.87. The minimum Gasteiger partial charge on any atom is -1.00 e. The van der Waals surface area contributed by atoms with Crippen molar-refractivity contribution >= 4 is 23.5 Å². The van der Waals surface area contributed by atoms with Gasteiger partial charge in [0.1, 0.15) is 5.03 Å². The Bertz CT molecular complexity index is 181. The number of carbonyl (C=O) groups is 2. The molecule has 0 fully saturated rings. The van der Waals surface area contributed by atoms with Crippen LogP contribution in [-0.4, -0.2) is 22.2 Å². The standard InChI is InChI=1S/C4H3ClO4.Na.H/c5-2(4(8)9)1-3(6)7;;/h1H,(H,6,7)(H,8,9);;/q;+1;-1/b2-1+;;. The first-order chi connectivity index (χ1) is 4.04. The van der Waals surface area contributed by atoms with Gasteiger partial charge in [-0.2, -0.15) is 0 Å². The molecular formula is C4H4ClNaO4. The molecule has 0 aliphatic heterocycles. The minimum absolute atomic E-state index is 0. The Morgan fingerprint density at radius 3 is 1.90 bits per heavy atom. The van der Waals surface area contributed by atoms with E-state index in [1.807, 2.05) is 0 Å². The fourth-order valence-electron chi connectivity index (χ4n) is 0.170. The molecule has 10 heavy (non-hydrogen) atoms. The van der Waals surface area contributed by atoms with E-state index in [0.29, 0.717) is 6.08 Å². The summed E-state index contributed by atoms with van der Waals surface area (Å²) in [5.74, 6) is -2.82. The van der Waals surface area contributed by atoms with Crippen LogP contribution in [0.4, 0.5) is 0 Å². The Kier molecular flexibility index (Phi) is 7.24. The van der Waals surface area contributed by atoms with Gasteiger partial charge in [0, 0.05) is 6.08 Å². The van der Waals surface area contributed by atoms with Crippen molar-refractivity contribution in [3.05, 3.63) is 11.1 Å². The van der Waals surface area contributed by atoms with Crippen LogP contribution in [0.3, 0.4) is 0 Å². The first kappa shape index (κ1) is 12.6. The van der Waals surface area contributed by atoms with Gasteiger partial charge >= 0.3 is 41.5 Å². The Balaban J connectivity index is -0.000000320. The molecule has 2 N–H and O–H groups in total. The molecule has 52 valence electrons. The van der Waals surface area contributed by atoms with E-state index < -0.39 is 17.0 Å². The zero-order chi connectivity index (χ0) is 7.44. The molecule has 0 atom stereocenters. The van der Waals surface area contributed by atoms with Crippen molar-refractivity contribution in [3.8, 4) is 0 Å². The predicted octanol–water partition coefficient (Wildman–Crippen LogP) is -2.61. The molecule has 0 rings (SSSR count). The van der Waals surface area contributed by atoms with Gasteiger partial charge in [-0.15, -0.1) is 0 Å². The Morgan fingerprint density at radius 2 is 1.80 bits per heavy atom. The van der Waals surface area contributed by atoms with Crippen LogP contribution in [0.2, 0.25) is 0 Å². The van der Waals surface area contributed by atoms with Gasteiger partial charge < -0.3 is 11.6 Å². The molecule has 0 radical (unpaired) electrons. The van der Waals surface area contributed by atoms with Crippen LogP contribution in [-0.2, 0) is 9.59 Å². The maximum absolute atomic E-state index is 9.77. The molecule has 4 nitrogen and oxygen atoms in total. The molecule has 0 heterocycles.